The quantitative estimate of drug-likeness (QED) is 0.672. The Kier molecular flexibility index (Phi) is 2.86. The Balaban J connectivity index is 2.33. The normalized spacial score (nSPS) is 10.8. The van der Waals surface area contributed by atoms with Crippen molar-refractivity contribution in [1.29, 1.82) is 0 Å². The highest BCUT2D eigenvalue weighted by Crippen LogP contribution is 2.16. The summed E-state index contributed by atoms with van der Waals surface area (Å²) in [5, 5.41) is 11.0. The number of hydrogen-bond acceptors (Lipinski definition) is 2. The van der Waals surface area contributed by atoms with Crippen LogP contribution in [0.4, 0.5) is 0 Å². The molecule has 1 N–H and O–H groups in total. The summed E-state index contributed by atoms with van der Waals surface area (Å²) in [6, 6.07) is 12.7. The standard InChI is InChI=1S/C16H14BNO2/c1-10-2-4-11(5-3-10)18-9-15(17)14-8-12(19)6-7-13(14)16(18)20/h2-9,19H,17H2,1H3. The van der Waals surface area contributed by atoms with Crippen LogP contribution in [-0.4, -0.2) is 17.5 Å². The highest BCUT2D eigenvalue weighted by atomic mass is 16.3. The minimum Gasteiger partial charge on any atom is -0.508 e. The molecule has 0 atom stereocenters. The number of pyridine rings is 1. The van der Waals surface area contributed by atoms with Gasteiger partial charge in [-0.3, -0.25) is 9.36 Å². The van der Waals surface area contributed by atoms with Crippen molar-refractivity contribution in [3.63, 3.8) is 0 Å². The van der Waals surface area contributed by atoms with E-state index < -0.39 is 0 Å². The Morgan fingerprint density at radius 1 is 1.05 bits per heavy atom. The number of aryl methyl sites for hydroxylation is 1. The Hall–Kier alpha value is -2.49. The Bertz CT molecular complexity index is 851. The summed E-state index contributed by atoms with van der Waals surface area (Å²) in [5.41, 5.74) is 2.88. The number of phenols is 1. The molecule has 0 aliphatic rings. The van der Waals surface area contributed by atoms with Gasteiger partial charge in [0.05, 0.1) is 0 Å². The van der Waals surface area contributed by atoms with Crippen molar-refractivity contribution < 1.29 is 5.11 Å². The maximum atomic E-state index is 12.6. The summed E-state index contributed by atoms with van der Waals surface area (Å²) in [4.78, 5) is 12.6. The van der Waals surface area contributed by atoms with Crippen molar-refractivity contribution in [2.45, 2.75) is 6.92 Å². The lowest BCUT2D eigenvalue weighted by Gasteiger charge is -2.10. The van der Waals surface area contributed by atoms with E-state index in [1.54, 1.807) is 22.8 Å². The second-order valence-electron chi connectivity index (χ2n) is 5.05. The fourth-order valence-corrected chi connectivity index (χ4v) is 2.39. The molecule has 4 heteroatoms. The van der Waals surface area contributed by atoms with E-state index in [4.69, 9.17) is 0 Å². The van der Waals surface area contributed by atoms with Crippen LogP contribution in [0.5, 0.6) is 5.75 Å². The van der Waals surface area contributed by atoms with E-state index in [0.29, 0.717) is 5.39 Å². The van der Waals surface area contributed by atoms with Gasteiger partial charge < -0.3 is 5.11 Å². The highest BCUT2D eigenvalue weighted by molar-refractivity contribution is 6.38. The summed E-state index contributed by atoms with van der Waals surface area (Å²) in [6.07, 6.45) is 1.81. The zero-order valence-corrected chi connectivity index (χ0v) is 11.4. The van der Waals surface area contributed by atoms with E-state index >= 15 is 0 Å². The average molecular weight is 263 g/mol. The number of nitrogens with zero attached hydrogens (tertiary/aromatic N) is 1. The summed E-state index contributed by atoms with van der Waals surface area (Å²) >= 11 is 0. The smallest absolute Gasteiger partial charge is 0.262 e. The number of aromatic nitrogens is 1. The summed E-state index contributed by atoms with van der Waals surface area (Å²) in [7, 11) is 1.94. The summed E-state index contributed by atoms with van der Waals surface area (Å²) < 4.78 is 1.65. The third-order valence-electron chi connectivity index (χ3n) is 3.51. The Labute approximate surface area is 117 Å². The van der Waals surface area contributed by atoms with Crippen molar-refractivity contribution in [2.24, 2.45) is 0 Å². The van der Waals surface area contributed by atoms with Gasteiger partial charge in [0.2, 0.25) is 0 Å². The molecule has 0 radical (unpaired) electrons. The SMILES string of the molecule is Bc1cn(-c2ccc(C)cc2)c(=O)c2ccc(O)cc12. The van der Waals surface area contributed by atoms with Crippen molar-refractivity contribution >= 4 is 24.1 Å². The Morgan fingerprint density at radius 3 is 2.45 bits per heavy atom. The van der Waals surface area contributed by atoms with Gasteiger partial charge in [-0.15, -0.1) is 0 Å². The Morgan fingerprint density at radius 2 is 1.75 bits per heavy atom. The fourth-order valence-electron chi connectivity index (χ4n) is 2.39. The van der Waals surface area contributed by atoms with Crippen LogP contribution in [0.25, 0.3) is 16.5 Å². The largest absolute Gasteiger partial charge is 0.508 e. The topological polar surface area (TPSA) is 42.2 Å². The average Bonchev–Trinajstić information content (AvgIpc) is 2.44. The van der Waals surface area contributed by atoms with Crippen LogP contribution in [0.2, 0.25) is 0 Å². The maximum absolute atomic E-state index is 12.6. The lowest BCUT2D eigenvalue weighted by molar-refractivity contribution is 0.476. The van der Waals surface area contributed by atoms with Crippen LogP contribution in [0.15, 0.2) is 53.5 Å². The number of hydrogen-bond donors (Lipinski definition) is 1. The van der Waals surface area contributed by atoms with E-state index in [0.717, 1.165) is 22.1 Å². The molecule has 3 nitrogen and oxygen atoms in total. The number of benzene rings is 2. The predicted octanol–water partition coefficient (Wildman–Crippen LogP) is 1.26. The molecule has 0 bridgehead atoms. The fraction of sp³-hybridized carbons (Fsp3) is 0.0625. The molecule has 0 aliphatic carbocycles. The van der Waals surface area contributed by atoms with Gasteiger partial charge in [0.1, 0.15) is 13.6 Å². The molecule has 0 amide bonds. The van der Waals surface area contributed by atoms with E-state index in [2.05, 4.69) is 0 Å². The molecular formula is C16H14BNO2. The summed E-state index contributed by atoms with van der Waals surface area (Å²) in [6.45, 7) is 2.01. The number of fused-ring (bicyclic) bond motifs is 1. The zero-order valence-electron chi connectivity index (χ0n) is 11.4. The van der Waals surface area contributed by atoms with Crippen LogP contribution < -0.4 is 11.0 Å². The molecule has 2 aromatic carbocycles. The van der Waals surface area contributed by atoms with Crippen LogP contribution in [0.1, 0.15) is 5.56 Å². The third-order valence-corrected chi connectivity index (χ3v) is 3.51. The van der Waals surface area contributed by atoms with Gasteiger partial charge in [-0.2, -0.15) is 0 Å². The molecule has 0 spiro atoms. The first kappa shape index (κ1) is 12.5. The molecule has 0 saturated carbocycles. The second kappa shape index (κ2) is 4.56. The van der Waals surface area contributed by atoms with Crippen molar-refractivity contribution in [3.05, 3.63) is 64.6 Å². The van der Waals surface area contributed by atoms with Crippen molar-refractivity contribution in [1.82, 2.24) is 4.57 Å². The van der Waals surface area contributed by atoms with Crippen LogP contribution in [0, 0.1) is 6.92 Å². The van der Waals surface area contributed by atoms with Gasteiger partial charge >= 0.3 is 0 Å². The van der Waals surface area contributed by atoms with E-state index in [9.17, 15) is 9.90 Å². The lowest BCUT2D eigenvalue weighted by atomic mass is 9.92. The van der Waals surface area contributed by atoms with Crippen LogP contribution in [0.3, 0.4) is 0 Å². The van der Waals surface area contributed by atoms with E-state index in [-0.39, 0.29) is 11.3 Å². The van der Waals surface area contributed by atoms with Gasteiger partial charge in [-0.25, -0.2) is 0 Å². The highest BCUT2D eigenvalue weighted by Gasteiger charge is 2.08. The van der Waals surface area contributed by atoms with Crippen LogP contribution in [-0.2, 0) is 0 Å². The molecule has 1 heterocycles. The van der Waals surface area contributed by atoms with Gasteiger partial charge in [-0.05, 0) is 42.6 Å². The molecule has 20 heavy (non-hydrogen) atoms. The third kappa shape index (κ3) is 1.99. The van der Waals surface area contributed by atoms with E-state index in [1.165, 1.54) is 0 Å². The first-order chi connectivity index (χ1) is 9.56. The minimum atomic E-state index is -0.0746. The lowest BCUT2D eigenvalue weighted by Crippen LogP contribution is -2.24. The van der Waals surface area contributed by atoms with Gasteiger partial charge in [-0.1, -0.05) is 23.2 Å². The molecule has 98 valence electrons. The first-order valence-corrected chi connectivity index (χ1v) is 6.48. The second-order valence-corrected chi connectivity index (χ2v) is 5.05. The first-order valence-electron chi connectivity index (χ1n) is 6.48. The number of rotatable bonds is 1. The number of phenolic OH excluding ortho intramolecular Hbond substituents is 1. The molecule has 0 aliphatic heterocycles. The number of aromatic hydroxyl groups is 1. The molecule has 3 aromatic rings. The van der Waals surface area contributed by atoms with Crippen molar-refractivity contribution in [3.8, 4) is 11.4 Å². The zero-order chi connectivity index (χ0) is 14.3. The molecular weight excluding hydrogens is 249 g/mol. The molecule has 0 saturated heterocycles. The summed E-state index contributed by atoms with van der Waals surface area (Å²) in [5.74, 6) is 0.174. The monoisotopic (exact) mass is 263 g/mol. The van der Waals surface area contributed by atoms with Crippen LogP contribution >= 0.6 is 0 Å². The predicted molar refractivity (Wildman–Crippen MR) is 84.1 cm³/mol. The molecule has 3 rings (SSSR count). The molecule has 0 unspecified atom stereocenters. The van der Waals surface area contributed by atoms with Gasteiger partial charge in [0.15, 0.2) is 0 Å². The van der Waals surface area contributed by atoms with Gasteiger partial charge in [0, 0.05) is 17.3 Å². The van der Waals surface area contributed by atoms with Gasteiger partial charge in [0.25, 0.3) is 5.56 Å². The minimum absolute atomic E-state index is 0.0746. The maximum Gasteiger partial charge on any atom is 0.262 e. The molecule has 1 aromatic heterocycles. The van der Waals surface area contributed by atoms with E-state index in [1.807, 2.05) is 45.2 Å². The van der Waals surface area contributed by atoms with Crippen molar-refractivity contribution in [2.75, 3.05) is 0 Å². The molecule has 0 fully saturated rings.